The van der Waals surface area contributed by atoms with Crippen molar-refractivity contribution in [3.63, 3.8) is 0 Å². The average molecular weight is 448 g/mol. The largest absolute Gasteiger partial charge is 0.490 e. The standard InChI is InChI=1S/C20H23F2N3O2.2ClH/c1-13-10-16(27-15-6-8-23-9-7-15)3-5-19(13)25-20(26)12-24-14-2-4-17(21)18(22)11-14;;/h2-5,10-11,15,23-24H,6-9,12H2,1H3,(H,25,26);2*1H. The van der Waals surface area contributed by atoms with Gasteiger partial charge in [0.1, 0.15) is 11.9 Å². The number of hydrogen-bond acceptors (Lipinski definition) is 4. The molecule has 0 aliphatic carbocycles. The molecule has 2 aromatic carbocycles. The molecule has 2 aromatic rings. The summed E-state index contributed by atoms with van der Waals surface area (Å²) in [6, 6.07) is 8.96. The zero-order valence-corrected chi connectivity index (χ0v) is 17.6. The van der Waals surface area contributed by atoms with E-state index >= 15 is 0 Å². The van der Waals surface area contributed by atoms with Crippen molar-refractivity contribution in [3.8, 4) is 5.75 Å². The molecular weight excluding hydrogens is 423 g/mol. The van der Waals surface area contributed by atoms with Crippen molar-refractivity contribution < 1.29 is 18.3 Å². The molecule has 1 heterocycles. The summed E-state index contributed by atoms with van der Waals surface area (Å²) in [6.07, 6.45) is 2.17. The van der Waals surface area contributed by atoms with Gasteiger partial charge in [-0.3, -0.25) is 4.79 Å². The van der Waals surface area contributed by atoms with Gasteiger partial charge in [0.25, 0.3) is 0 Å². The van der Waals surface area contributed by atoms with Crippen molar-refractivity contribution in [2.24, 2.45) is 0 Å². The maximum atomic E-state index is 13.2. The Kier molecular flexibility index (Phi) is 10.2. The summed E-state index contributed by atoms with van der Waals surface area (Å²) in [5.41, 5.74) is 1.92. The van der Waals surface area contributed by atoms with Crippen LogP contribution < -0.4 is 20.7 Å². The van der Waals surface area contributed by atoms with E-state index in [0.717, 1.165) is 49.4 Å². The fourth-order valence-electron chi connectivity index (χ4n) is 2.94. The first-order valence-electron chi connectivity index (χ1n) is 8.98. The van der Waals surface area contributed by atoms with Crippen LogP contribution in [0.5, 0.6) is 5.75 Å². The Balaban J connectivity index is 0.00000210. The van der Waals surface area contributed by atoms with Gasteiger partial charge in [0.2, 0.25) is 5.91 Å². The summed E-state index contributed by atoms with van der Waals surface area (Å²) in [4.78, 5) is 12.1. The average Bonchev–Trinajstić information content (AvgIpc) is 2.66. The summed E-state index contributed by atoms with van der Waals surface area (Å²) in [5.74, 6) is -1.37. The molecule has 0 unspecified atom stereocenters. The predicted molar refractivity (Wildman–Crippen MR) is 116 cm³/mol. The summed E-state index contributed by atoms with van der Waals surface area (Å²) in [7, 11) is 0. The monoisotopic (exact) mass is 447 g/mol. The third-order valence-corrected chi connectivity index (χ3v) is 4.43. The second kappa shape index (κ2) is 11.8. The third-order valence-electron chi connectivity index (χ3n) is 4.43. The molecule has 3 rings (SSSR count). The van der Waals surface area contributed by atoms with Crippen LogP contribution in [-0.2, 0) is 4.79 Å². The fourth-order valence-corrected chi connectivity index (χ4v) is 2.94. The minimum Gasteiger partial charge on any atom is -0.490 e. The van der Waals surface area contributed by atoms with E-state index in [9.17, 15) is 13.6 Å². The number of hydrogen-bond donors (Lipinski definition) is 3. The molecule has 1 saturated heterocycles. The van der Waals surface area contributed by atoms with Crippen LogP contribution in [0.3, 0.4) is 0 Å². The molecule has 9 heteroatoms. The maximum absolute atomic E-state index is 13.2. The Labute approximate surface area is 181 Å². The molecule has 0 radical (unpaired) electrons. The lowest BCUT2D eigenvalue weighted by Crippen LogP contribution is -2.34. The van der Waals surface area contributed by atoms with Crippen LogP contribution in [0.1, 0.15) is 18.4 Å². The number of ether oxygens (including phenoxy) is 1. The van der Waals surface area contributed by atoms with Crippen molar-refractivity contribution in [2.45, 2.75) is 25.9 Å². The number of nitrogens with one attached hydrogen (secondary N) is 3. The third kappa shape index (κ3) is 7.34. The van der Waals surface area contributed by atoms with Gasteiger partial charge < -0.3 is 20.7 Å². The van der Waals surface area contributed by atoms with Crippen LogP contribution in [-0.4, -0.2) is 31.6 Å². The highest BCUT2D eigenvalue weighted by Gasteiger charge is 2.15. The first kappa shape index (κ1) is 24.9. The zero-order valence-electron chi connectivity index (χ0n) is 16.0. The zero-order chi connectivity index (χ0) is 19.2. The molecule has 5 nitrogen and oxygen atoms in total. The Bertz CT molecular complexity index is 818. The molecule has 29 heavy (non-hydrogen) atoms. The number of aryl methyl sites for hydroxylation is 1. The molecule has 1 amide bonds. The number of halogens is 4. The van der Waals surface area contributed by atoms with E-state index in [1.165, 1.54) is 6.07 Å². The lowest BCUT2D eigenvalue weighted by Gasteiger charge is -2.24. The van der Waals surface area contributed by atoms with E-state index in [2.05, 4.69) is 16.0 Å². The second-order valence-corrected chi connectivity index (χ2v) is 6.57. The van der Waals surface area contributed by atoms with Gasteiger partial charge in [-0.2, -0.15) is 0 Å². The smallest absolute Gasteiger partial charge is 0.243 e. The highest BCUT2D eigenvalue weighted by atomic mass is 35.5. The van der Waals surface area contributed by atoms with E-state index in [4.69, 9.17) is 4.74 Å². The van der Waals surface area contributed by atoms with Crippen molar-refractivity contribution in [2.75, 3.05) is 30.3 Å². The van der Waals surface area contributed by atoms with Gasteiger partial charge in [-0.1, -0.05) is 0 Å². The van der Waals surface area contributed by atoms with Gasteiger partial charge in [-0.25, -0.2) is 8.78 Å². The molecule has 3 N–H and O–H groups in total. The van der Waals surface area contributed by atoms with Crippen molar-refractivity contribution in [1.29, 1.82) is 0 Å². The van der Waals surface area contributed by atoms with E-state index in [-0.39, 0.29) is 43.4 Å². The molecule has 0 spiro atoms. The Morgan fingerprint density at radius 2 is 1.83 bits per heavy atom. The number of anilines is 2. The number of piperidine rings is 1. The number of carbonyl (C=O) groups excluding carboxylic acids is 1. The number of carbonyl (C=O) groups is 1. The van der Waals surface area contributed by atoms with Gasteiger partial charge >= 0.3 is 0 Å². The summed E-state index contributed by atoms with van der Waals surface area (Å²) >= 11 is 0. The minimum atomic E-state index is -0.958. The van der Waals surface area contributed by atoms with Crippen LogP contribution in [0.15, 0.2) is 36.4 Å². The number of rotatable bonds is 6. The quantitative estimate of drug-likeness (QED) is 0.617. The minimum absolute atomic E-state index is 0. The van der Waals surface area contributed by atoms with Gasteiger partial charge in [0.05, 0.1) is 6.54 Å². The summed E-state index contributed by atoms with van der Waals surface area (Å²) in [5, 5.41) is 8.87. The van der Waals surface area contributed by atoms with E-state index in [1.54, 1.807) is 6.07 Å². The Morgan fingerprint density at radius 1 is 1.10 bits per heavy atom. The summed E-state index contributed by atoms with van der Waals surface area (Å²) < 4.78 is 32.1. The molecular formula is C20H25Cl2F2N3O2. The topological polar surface area (TPSA) is 62.4 Å². The second-order valence-electron chi connectivity index (χ2n) is 6.57. The van der Waals surface area contributed by atoms with Crippen LogP contribution in [0.4, 0.5) is 20.2 Å². The maximum Gasteiger partial charge on any atom is 0.243 e. The first-order chi connectivity index (χ1) is 13.0. The highest BCUT2D eigenvalue weighted by Crippen LogP contribution is 2.24. The van der Waals surface area contributed by atoms with Crippen LogP contribution >= 0.6 is 24.8 Å². The Hall–Kier alpha value is -2.09. The summed E-state index contributed by atoms with van der Waals surface area (Å²) in [6.45, 7) is 3.76. The molecule has 1 aliphatic rings. The molecule has 0 aromatic heterocycles. The molecule has 1 aliphatic heterocycles. The Morgan fingerprint density at radius 3 is 2.48 bits per heavy atom. The van der Waals surface area contributed by atoms with Gasteiger partial charge in [0.15, 0.2) is 11.6 Å². The van der Waals surface area contributed by atoms with Crippen LogP contribution in [0, 0.1) is 18.6 Å². The normalized spacial score (nSPS) is 13.6. The van der Waals surface area contributed by atoms with Gasteiger partial charge in [0, 0.05) is 17.4 Å². The van der Waals surface area contributed by atoms with Crippen molar-refractivity contribution in [3.05, 3.63) is 53.6 Å². The SMILES string of the molecule is Cc1cc(OC2CCNCC2)ccc1NC(=O)CNc1ccc(F)c(F)c1.Cl.Cl. The van der Waals surface area contributed by atoms with Gasteiger partial charge in [-0.05, 0) is 68.8 Å². The first-order valence-corrected chi connectivity index (χ1v) is 8.98. The van der Waals surface area contributed by atoms with E-state index in [1.807, 2.05) is 19.1 Å². The van der Waals surface area contributed by atoms with Crippen LogP contribution in [0.2, 0.25) is 0 Å². The fraction of sp³-hybridized carbons (Fsp3) is 0.350. The van der Waals surface area contributed by atoms with Crippen LogP contribution in [0.25, 0.3) is 0 Å². The lowest BCUT2D eigenvalue weighted by atomic mass is 10.1. The lowest BCUT2D eigenvalue weighted by molar-refractivity contribution is -0.114. The van der Waals surface area contributed by atoms with E-state index in [0.29, 0.717) is 11.4 Å². The molecule has 0 atom stereocenters. The number of benzene rings is 2. The number of amides is 1. The molecule has 160 valence electrons. The molecule has 1 fully saturated rings. The molecule has 0 bridgehead atoms. The van der Waals surface area contributed by atoms with Gasteiger partial charge in [-0.15, -0.1) is 24.8 Å². The van der Waals surface area contributed by atoms with Crippen molar-refractivity contribution in [1.82, 2.24) is 5.32 Å². The van der Waals surface area contributed by atoms with Crippen molar-refractivity contribution >= 4 is 42.1 Å². The molecule has 0 saturated carbocycles. The predicted octanol–water partition coefficient (Wildman–Crippen LogP) is 4.30. The van der Waals surface area contributed by atoms with E-state index < -0.39 is 11.6 Å². The highest BCUT2D eigenvalue weighted by molar-refractivity contribution is 5.94.